The van der Waals surface area contributed by atoms with Crippen LogP contribution in [0, 0.1) is 5.92 Å². The van der Waals surface area contributed by atoms with Crippen LogP contribution in [0.4, 0.5) is 0 Å². The molecule has 0 aliphatic heterocycles. The zero-order chi connectivity index (χ0) is 9.97. The van der Waals surface area contributed by atoms with Crippen LogP contribution in [0.1, 0.15) is 24.7 Å². The van der Waals surface area contributed by atoms with Gasteiger partial charge in [-0.25, -0.2) is 0 Å². The van der Waals surface area contributed by atoms with Gasteiger partial charge >= 0.3 is 5.97 Å². The van der Waals surface area contributed by atoms with Crippen molar-refractivity contribution in [1.82, 2.24) is 0 Å². The maximum atomic E-state index is 11.2. The van der Waals surface area contributed by atoms with Crippen molar-refractivity contribution in [2.24, 2.45) is 5.92 Å². The van der Waals surface area contributed by atoms with E-state index in [1.54, 1.807) is 24.3 Å². The lowest BCUT2D eigenvalue weighted by atomic mass is 10.2. The molecule has 1 N–H and O–H groups in total. The molecular weight excluding hydrogens is 180 g/mol. The highest BCUT2D eigenvalue weighted by Crippen LogP contribution is 2.31. The van der Waals surface area contributed by atoms with E-state index < -0.39 is 6.29 Å². The largest absolute Gasteiger partial charge is 0.431 e. The first-order valence-electron chi connectivity index (χ1n) is 4.71. The van der Waals surface area contributed by atoms with Crippen molar-refractivity contribution >= 4 is 5.97 Å². The summed E-state index contributed by atoms with van der Waals surface area (Å²) in [7, 11) is 0. The van der Waals surface area contributed by atoms with Crippen LogP contribution < -0.4 is 0 Å². The molecule has 3 nitrogen and oxygen atoms in total. The molecule has 1 atom stereocenters. The van der Waals surface area contributed by atoms with Crippen molar-refractivity contribution in [3.05, 3.63) is 35.9 Å². The Labute approximate surface area is 82.3 Å². The summed E-state index contributed by atoms with van der Waals surface area (Å²) < 4.78 is 4.88. The summed E-state index contributed by atoms with van der Waals surface area (Å²) in [6.45, 7) is 0. The third kappa shape index (κ3) is 2.12. The molecule has 0 radical (unpaired) electrons. The predicted octanol–water partition coefficient (Wildman–Crippen LogP) is 1.63. The number of hydrogen-bond acceptors (Lipinski definition) is 3. The summed E-state index contributed by atoms with van der Waals surface area (Å²) in [6, 6.07) is 8.89. The van der Waals surface area contributed by atoms with Crippen LogP contribution >= 0.6 is 0 Å². The molecule has 1 aliphatic carbocycles. The number of rotatable bonds is 3. The SMILES string of the molecule is O=C(OC(O)c1ccccc1)C1CC1. The maximum absolute atomic E-state index is 11.2. The smallest absolute Gasteiger partial charge is 0.311 e. The van der Waals surface area contributed by atoms with Crippen LogP contribution in [0.15, 0.2) is 30.3 Å². The van der Waals surface area contributed by atoms with Crippen LogP contribution in [0.2, 0.25) is 0 Å². The van der Waals surface area contributed by atoms with E-state index in [4.69, 9.17) is 4.74 Å². The molecule has 1 unspecified atom stereocenters. The van der Waals surface area contributed by atoms with Gasteiger partial charge in [-0.2, -0.15) is 0 Å². The Morgan fingerprint density at radius 2 is 2.00 bits per heavy atom. The van der Waals surface area contributed by atoms with Gasteiger partial charge < -0.3 is 9.84 Å². The second kappa shape index (κ2) is 3.80. The molecule has 1 fully saturated rings. The van der Waals surface area contributed by atoms with Crippen LogP contribution in [0.5, 0.6) is 0 Å². The molecule has 2 rings (SSSR count). The van der Waals surface area contributed by atoms with Crippen molar-refractivity contribution < 1.29 is 14.6 Å². The van der Waals surface area contributed by atoms with Gasteiger partial charge in [0, 0.05) is 5.56 Å². The Morgan fingerprint density at radius 3 is 2.57 bits per heavy atom. The van der Waals surface area contributed by atoms with E-state index in [0.717, 1.165) is 12.8 Å². The van der Waals surface area contributed by atoms with Gasteiger partial charge in [-0.15, -0.1) is 0 Å². The van der Waals surface area contributed by atoms with E-state index in [2.05, 4.69) is 0 Å². The van der Waals surface area contributed by atoms with Gasteiger partial charge in [-0.1, -0.05) is 30.3 Å². The number of esters is 1. The molecule has 0 bridgehead atoms. The van der Waals surface area contributed by atoms with E-state index in [1.165, 1.54) is 0 Å². The van der Waals surface area contributed by atoms with Crippen LogP contribution in [0.25, 0.3) is 0 Å². The van der Waals surface area contributed by atoms with Crippen molar-refractivity contribution in [3.63, 3.8) is 0 Å². The van der Waals surface area contributed by atoms with Gasteiger partial charge in [-0.3, -0.25) is 4.79 Å². The predicted molar refractivity (Wildman–Crippen MR) is 50.2 cm³/mol. The highest BCUT2D eigenvalue weighted by atomic mass is 16.6. The average Bonchev–Trinajstić information content (AvgIpc) is 3.02. The summed E-state index contributed by atoms with van der Waals surface area (Å²) in [5, 5.41) is 9.52. The topological polar surface area (TPSA) is 46.5 Å². The van der Waals surface area contributed by atoms with Crippen molar-refractivity contribution in [2.75, 3.05) is 0 Å². The molecule has 0 aromatic heterocycles. The first-order valence-corrected chi connectivity index (χ1v) is 4.71. The normalized spacial score (nSPS) is 17.5. The standard InChI is InChI=1S/C11H12O3/c12-10(8-4-2-1-3-5-8)14-11(13)9-6-7-9/h1-5,9-10,12H,6-7H2. The van der Waals surface area contributed by atoms with Gasteiger partial charge in [-0.05, 0) is 12.8 Å². The quantitative estimate of drug-likeness (QED) is 0.584. The molecule has 0 heterocycles. The van der Waals surface area contributed by atoms with Gasteiger partial charge in [0.25, 0.3) is 0 Å². The summed E-state index contributed by atoms with van der Waals surface area (Å²) in [5.41, 5.74) is 0.613. The number of benzene rings is 1. The molecule has 1 aliphatic rings. The van der Waals surface area contributed by atoms with Gasteiger partial charge in [0.05, 0.1) is 5.92 Å². The fraction of sp³-hybridized carbons (Fsp3) is 0.364. The van der Waals surface area contributed by atoms with Gasteiger partial charge in [0.15, 0.2) is 0 Å². The molecule has 0 amide bonds. The number of carbonyl (C=O) groups is 1. The first kappa shape index (κ1) is 9.21. The first-order chi connectivity index (χ1) is 6.77. The van der Waals surface area contributed by atoms with E-state index in [0.29, 0.717) is 5.56 Å². The summed E-state index contributed by atoms with van der Waals surface area (Å²) in [5.74, 6) is -0.269. The summed E-state index contributed by atoms with van der Waals surface area (Å²) in [4.78, 5) is 11.2. The van der Waals surface area contributed by atoms with Gasteiger partial charge in [0.1, 0.15) is 0 Å². The Kier molecular flexibility index (Phi) is 2.50. The van der Waals surface area contributed by atoms with E-state index in [1.807, 2.05) is 6.07 Å². The Morgan fingerprint density at radius 1 is 1.36 bits per heavy atom. The molecule has 14 heavy (non-hydrogen) atoms. The zero-order valence-electron chi connectivity index (χ0n) is 7.72. The third-order valence-corrected chi connectivity index (χ3v) is 2.22. The minimum absolute atomic E-state index is 0.0216. The van der Waals surface area contributed by atoms with E-state index >= 15 is 0 Å². The zero-order valence-corrected chi connectivity index (χ0v) is 7.72. The molecule has 1 aromatic carbocycles. The highest BCUT2D eigenvalue weighted by Gasteiger charge is 2.32. The van der Waals surface area contributed by atoms with Crippen LogP contribution in [0.3, 0.4) is 0 Å². The Hall–Kier alpha value is -1.35. The van der Waals surface area contributed by atoms with Crippen LogP contribution in [-0.4, -0.2) is 11.1 Å². The van der Waals surface area contributed by atoms with Crippen molar-refractivity contribution in [2.45, 2.75) is 19.1 Å². The number of aliphatic hydroxyl groups excluding tert-OH is 1. The molecule has 0 saturated heterocycles. The fourth-order valence-corrected chi connectivity index (χ4v) is 1.21. The number of ether oxygens (including phenoxy) is 1. The van der Waals surface area contributed by atoms with Gasteiger partial charge in [0.2, 0.25) is 6.29 Å². The fourth-order valence-electron chi connectivity index (χ4n) is 1.21. The second-order valence-electron chi connectivity index (χ2n) is 3.47. The lowest BCUT2D eigenvalue weighted by Crippen LogP contribution is -2.12. The highest BCUT2D eigenvalue weighted by molar-refractivity contribution is 5.75. The minimum atomic E-state index is -1.12. The number of hydrogen-bond donors (Lipinski definition) is 1. The van der Waals surface area contributed by atoms with Crippen LogP contribution in [-0.2, 0) is 9.53 Å². The third-order valence-electron chi connectivity index (χ3n) is 2.22. The molecule has 1 saturated carbocycles. The lowest BCUT2D eigenvalue weighted by Gasteiger charge is -2.11. The Bertz CT molecular complexity index is 317. The molecule has 3 heteroatoms. The second-order valence-corrected chi connectivity index (χ2v) is 3.47. The summed E-state index contributed by atoms with van der Waals surface area (Å²) >= 11 is 0. The van der Waals surface area contributed by atoms with E-state index in [-0.39, 0.29) is 11.9 Å². The van der Waals surface area contributed by atoms with Crippen molar-refractivity contribution in [3.8, 4) is 0 Å². The lowest BCUT2D eigenvalue weighted by molar-refractivity contribution is -0.170. The maximum Gasteiger partial charge on any atom is 0.311 e. The number of aliphatic hydroxyl groups is 1. The molecule has 74 valence electrons. The minimum Gasteiger partial charge on any atom is -0.431 e. The monoisotopic (exact) mass is 192 g/mol. The molecular formula is C11H12O3. The summed E-state index contributed by atoms with van der Waals surface area (Å²) in [6.07, 6.45) is 0.657. The average molecular weight is 192 g/mol. The molecule has 0 spiro atoms. The Balaban J connectivity index is 1.95. The van der Waals surface area contributed by atoms with Crippen molar-refractivity contribution in [1.29, 1.82) is 0 Å². The number of carbonyl (C=O) groups excluding carboxylic acids is 1. The molecule has 1 aromatic rings. The van der Waals surface area contributed by atoms with E-state index in [9.17, 15) is 9.90 Å².